The molecule has 2 aromatic carbocycles. The van der Waals surface area contributed by atoms with Crippen LogP contribution in [0.2, 0.25) is 0 Å². The molecule has 0 spiro atoms. The first kappa shape index (κ1) is 19.2. The van der Waals surface area contributed by atoms with Gasteiger partial charge in [0.15, 0.2) is 5.78 Å². The highest BCUT2D eigenvalue weighted by molar-refractivity contribution is 9.10. The first-order chi connectivity index (χ1) is 12.1. The van der Waals surface area contributed by atoms with Gasteiger partial charge in [-0.1, -0.05) is 47.8 Å². The second-order valence-electron chi connectivity index (χ2n) is 5.69. The van der Waals surface area contributed by atoms with Gasteiger partial charge in [0, 0.05) is 15.6 Å². The van der Waals surface area contributed by atoms with E-state index in [2.05, 4.69) is 28.2 Å². The minimum absolute atomic E-state index is 0.0320. The number of Topliss-reactive ketones (excluding diaryl/α,β-unsaturated/α-hetero) is 1. The Morgan fingerprint density at radius 1 is 0.960 bits per heavy atom. The summed E-state index contributed by atoms with van der Waals surface area (Å²) in [5.74, 6) is 0.346. The minimum atomic E-state index is -0.275. The van der Waals surface area contributed by atoms with Crippen molar-refractivity contribution in [3.05, 3.63) is 64.1 Å². The molecule has 0 fully saturated rings. The van der Waals surface area contributed by atoms with Crippen molar-refractivity contribution in [1.82, 2.24) is 5.32 Å². The van der Waals surface area contributed by atoms with Crippen LogP contribution in [0.15, 0.2) is 53.0 Å². The van der Waals surface area contributed by atoms with Crippen molar-refractivity contribution in [2.75, 3.05) is 13.2 Å². The van der Waals surface area contributed by atoms with Gasteiger partial charge in [0.2, 0.25) is 0 Å². The molecule has 25 heavy (non-hydrogen) atoms. The van der Waals surface area contributed by atoms with E-state index in [0.717, 1.165) is 29.5 Å². The van der Waals surface area contributed by atoms with Crippen LogP contribution >= 0.6 is 15.9 Å². The summed E-state index contributed by atoms with van der Waals surface area (Å²) in [5.41, 5.74) is 1.07. The van der Waals surface area contributed by atoms with Crippen LogP contribution in [0.25, 0.3) is 0 Å². The lowest BCUT2D eigenvalue weighted by Crippen LogP contribution is -2.29. The molecule has 0 aliphatic heterocycles. The van der Waals surface area contributed by atoms with Crippen molar-refractivity contribution in [2.45, 2.75) is 26.2 Å². The normalized spacial score (nSPS) is 10.3. The van der Waals surface area contributed by atoms with Crippen LogP contribution < -0.4 is 10.1 Å². The maximum Gasteiger partial charge on any atom is 0.251 e. The Kier molecular flexibility index (Phi) is 7.67. The Bertz CT molecular complexity index is 696. The Morgan fingerprint density at radius 2 is 1.60 bits per heavy atom. The van der Waals surface area contributed by atoms with Gasteiger partial charge in [-0.25, -0.2) is 0 Å². The fraction of sp³-hybridized carbons (Fsp3) is 0.300. The predicted octanol–water partition coefficient (Wildman–Crippen LogP) is 4.63. The second kappa shape index (κ2) is 9.99. The van der Waals surface area contributed by atoms with Crippen LogP contribution in [0.1, 0.15) is 46.9 Å². The van der Waals surface area contributed by atoms with E-state index >= 15 is 0 Å². The van der Waals surface area contributed by atoms with Gasteiger partial charge in [0.25, 0.3) is 5.91 Å². The molecule has 0 aliphatic carbocycles. The van der Waals surface area contributed by atoms with Crippen molar-refractivity contribution >= 4 is 27.6 Å². The molecule has 0 saturated carbocycles. The molecular weight excluding hydrogens is 382 g/mol. The third-order valence-corrected chi connectivity index (χ3v) is 4.24. The molecule has 1 N–H and O–H groups in total. The van der Waals surface area contributed by atoms with Gasteiger partial charge >= 0.3 is 0 Å². The van der Waals surface area contributed by atoms with E-state index in [-0.39, 0.29) is 18.2 Å². The standard InChI is InChI=1S/C20H22BrNO3/c1-2-3-4-13-25-18-11-7-16(8-12-18)20(24)22-14-19(23)15-5-9-17(21)10-6-15/h5-12H,2-4,13-14H2,1H3,(H,22,24). The van der Waals surface area contributed by atoms with Crippen molar-refractivity contribution in [3.8, 4) is 5.75 Å². The lowest BCUT2D eigenvalue weighted by atomic mass is 10.1. The summed E-state index contributed by atoms with van der Waals surface area (Å²) in [5, 5.41) is 2.65. The number of unbranched alkanes of at least 4 members (excludes halogenated alkanes) is 2. The summed E-state index contributed by atoms with van der Waals surface area (Å²) in [6.07, 6.45) is 3.32. The monoisotopic (exact) mass is 403 g/mol. The predicted molar refractivity (Wildman–Crippen MR) is 102 cm³/mol. The van der Waals surface area contributed by atoms with Gasteiger partial charge in [-0.15, -0.1) is 0 Å². The molecular formula is C20H22BrNO3. The fourth-order valence-corrected chi connectivity index (χ4v) is 2.51. The zero-order valence-electron chi connectivity index (χ0n) is 14.3. The van der Waals surface area contributed by atoms with Crippen molar-refractivity contribution in [1.29, 1.82) is 0 Å². The van der Waals surface area contributed by atoms with Crippen LogP contribution in [0.4, 0.5) is 0 Å². The summed E-state index contributed by atoms with van der Waals surface area (Å²) >= 11 is 3.33. The van der Waals surface area contributed by atoms with Gasteiger partial charge in [-0.3, -0.25) is 9.59 Å². The van der Waals surface area contributed by atoms with Crippen molar-refractivity contribution < 1.29 is 14.3 Å². The Morgan fingerprint density at radius 3 is 2.24 bits per heavy atom. The number of hydrogen-bond acceptors (Lipinski definition) is 3. The number of rotatable bonds is 9. The number of carbonyl (C=O) groups is 2. The van der Waals surface area contributed by atoms with Gasteiger partial charge in [-0.2, -0.15) is 0 Å². The van der Waals surface area contributed by atoms with E-state index in [1.54, 1.807) is 48.5 Å². The zero-order chi connectivity index (χ0) is 18.1. The molecule has 2 aromatic rings. The van der Waals surface area contributed by atoms with Crippen LogP contribution in [-0.2, 0) is 0 Å². The van der Waals surface area contributed by atoms with E-state index in [1.165, 1.54) is 0 Å². The fourth-order valence-electron chi connectivity index (χ4n) is 2.25. The Balaban J connectivity index is 1.82. The van der Waals surface area contributed by atoms with E-state index in [1.807, 2.05) is 0 Å². The molecule has 0 bridgehead atoms. The summed E-state index contributed by atoms with van der Waals surface area (Å²) in [6.45, 7) is 2.80. The molecule has 5 heteroatoms. The third kappa shape index (κ3) is 6.35. The maximum absolute atomic E-state index is 12.1. The van der Waals surface area contributed by atoms with Gasteiger partial charge in [-0.05, 0) is 42.8 Å². The summed E-state index contributed by atoms with van der Waals surface area (Å²) < 4.78 is 6.53. The molecule has 0 aromatic heterocycles. The maximum atomic E-state index is 12.1. The van der Waals surface area contributed by atoms with Crippen LogP contribution in [-0.4, -0.2) is 24.8 Å². The molecule has 132 valence electrons. The van der Waals surface area contributed by atoms with Crippen LogP contribution in [0.3, 0.4) is 0 Å². The van der Waals surface area contributed by atoms with Crippen LogP contribution in [0.5, 0.6) is 5.75 Å². The number of amides is 1. The highest BCUT2D eigenvalue weighted by Gasteiger charge is 2.10. The Hall–Kier alpha value is -2.14. The second-order valence-corrected chi connectivity index (χ2v) is 6.61. The molecule has 2 rings (SSSR count). The number of ketones is 1. The lowest BCUT2D eigenvalue weighted by molar-refractivity contribution is 0.0904. The summed E-state index contributed by atoms with van der Waals surface area (Å²) in [7, 11) is 0. The number of benzene rings is 2. The molecule has 1 amide bonds. The van der Waals surface area contributed by atoms with Gasteiger partial charge in [0.05, 0.1) is 13.2 Å². The number of ether oxygens (including phenoxy) is 1. The number of halogens is 1. The molecule has 0 radical (unpaired) electrons. The SMILES string of the molecule is CCCCCOc1ccc(C(=O)NCC(=O)c2ccc(Br)cc2)cc1. The highest BCUT2D eigenvalue weighted by Crippen LogP contribution is 2.13. The van der Waals surface area contributed by atoms with Crippen molar-refractivity contribution in [3.63, 3.8) is 0 Å². The highest BCUT2D eigenvalue weighted by atomic mass is 79.9. The lowest BCUT2D eigenvalue weighted by Gasteiger charge is -2.08. The summed E-state index contributed by atoms with van der Waals surface area (Å²) in [6, 6.07) is 14.0. The zero-order valence-corrected chi connectivity index (χ0v) is 15.8. The topological polar surface area (TPSA) is 55.4 Å². The first-order valence-corrected chi connectivity index (χ1v) is 9.19. The molecule has 0 atom stereocenters. The minimum Gasteiger partial charge on any atom is -0.494 e. The first-order valence-electron chi connectivity index (χ1n) is 8.40. The number of nitrogens with one attached hydrogen (secondary N) is 1. The van der Waals surface area contributed by atoms with Crippen LogP contribution in [0, 0.1) is 0 Å². The van der Waals surface area contributed by atoms with Crippen molar-refractivity contribution in [2.24, 2.45) is 0 Å². The Labute approximate surface area is 156 Å². The molecule has 0 saturated heterocycles. The molecule has 0 heterocycles. The summed E-state index contributed by atoms with van der Waals surface area (Å²) in [4.78, 5) is 24.2. The largest absolute Gasteiger partial charge is 0.494 e. The smallest absolute Gasteiger partial charge is 0.251 e. The van der Waals surface area contributed by atoms with E-state index in [4.69, 9.17) is 4.74 Å². The quantitative estimate of drug-likeness (QED) is 0.490. The average Bonchev–Trinajstić information content (AvgIpc) is 2.64. The average molecular weight is 404 g/mol. The van der Waals surface area contributed by atoms with Gasteiger partial charge in [0.1, 0.15) is 5.75 Å². The van der Waals surface area contributed by atoms with E-state index in [0.29, 0.717) is 17.7 Å². The third-order valence-electron chi connectivity index (χ3n) is 3.71. The molecule has 4 nitrogen and oxygen atoms in total. The van der Waals surface area contributed by atoms with E-state index < -0.39 is 0 Å². The molecule has 0 aliphatic rings. The number of hydrogen-bond donors (Lipinski definition) is 1. The number of carbonyl (C=O) groups excluding carboxylic acids is 2. The van der Waals surface area contributed by atoms with E-state index in [9.17, 15) is 9.59 Å². The van der Waals surface area contributed by atoms with Gasteiger partial charge < -0.3 is 10.1 Å². The molecule has 0 unspecified atom stereocenters.